The maximum Gasteiger partial charge on any atom is 0.255 e. The van der Waals surface area contributed by atoms with Crippen molar-refractivity contribution >= 4 is 22.4 Å². The van der Waals surface area contributed by atoms with E-state index < -0.39 is 0 Å². The molecular formula is C31H33ClN2O2. The highest BCUT2D eigenvalue weighted by Gasteiger charge is 2.43. The molecule has 0 aliphatic heterocycles. The Morgan fingerprint density at radius 1 is 1.03 bits per heavy atom. The number of pyridine rings is 1. The summed E-state index contributed by atoms with van der Waals surface area (Å²) < 4.78 is 6.44. The van der Waals surface area contributed by atoms with Crippen molar-refractivity contribution in [2.24, 2.45) is 0 Å². The number of aromatic nitrogens is 1. The van der Waals surface area contributed by atoms with Crippen LogP contribution >= 0.6 is 11.6 Å². The number of nitrogens with one attached hydrogen (secondary N) is 2. The minimum Gasteiger partial charge on any atom is -0.489 e. The lowest BCUT2D eigenvalue weighted by Gasteiger charge is -2.46. The number of H-pyrrole nitrogens is 1. The van der Waals surface area contributed by atoms with Crippen molar-refractivity contribution in [3.05, 3.63) is 112 Å². The largest absolute Gasteiger partial charge is 0.489 e. The molecule has 0 bridgehead atoms. The van der Waals surface area contributed by atoms with Gasteiger partial charge in [0.15, 0.2) is 0 Å². The Labute approximate surface area is 217 Å². The van der Waals surface area contributed by atoms with Crippen molar-refractivity contribution in [3.63, 3.8) is 0 Å². The number of hydrogen-bond donors (Lipinski definition) is 2. The lowest BCUT2D eigenvalue weighted by molar-refractivity contribution is 0.0956. The summed E-state index contributed by atoms with van der Waals surface area (Å²) in [5.74, 6) is 0.654. The number of ether oxygens (including phenoxy) is 1. The molecule has 5 rings (SSSR count). The fourth-order valence-corrected chi connectivity index (χ4v) is 6.07. The van der Waals surface area contributed by atoms with Crippen molar-refractivity contribution in [2.75, 3.05) is 0 Å². The van der Waals surface area contributed by atoms with E-state index in [1.807, 2.05) is 12.1 Å². The first-order valence-electron chi connectivity index (χ1n) is 12.9. The van der Waals surface area contributed by atoms with E-state index in [-0.39, 0.29) is 17.1 Å². The second kappa shape index (κ2) is 10.9. The van der Waals surface area contributed by atoms with E-state index in [1.54, 1.807) is 12.3 Å². The summed E-state index contributed by atoms with van der Waals surface area (Å²) in [6.45, 7) is 3.15. The molecule has 1 saturated carbocycles. The van der Waals surface area contributed by atoms with Crippen LogP contribution in [0.5, 0.6) is 5.75 Å². The van der Waals surface area contributed by atoms with Crippen LogP contribution in [-0.4, -0.2) is 17.1 Å². The highest BCUT2D eigenvalue weighted by Crippen LogP contribution is 2.44. The molecule has 1 heterocycles. The average Bonchev–Trinajstić information content (AvgIpc) is 2.92. The first-order valence-corrected chi connectivity index (χ1v) is 13.3. The van der Waals surface area contributed by atoms with Gasteiger partial charge in [0.25, 0.3) is 5.56 Å². The Kier molecular flexibility index (Phi) is 7.45. The molecule has 4 aromatic rings. The fraction of sp³-hybridized carbons (Fsp3) is 0.323. The Balaban J connectivity index is 1.35. The number of aromatic amines is 1. The highest BCUT2D eigenvalue weighted by atomic mass is 35.5. The van der Waals surface area contributed by atoms with Gasteiger partial charge in [-0.1, -0.05) is 79.2 Å². The van der Waals surface area contributed by atoms with Gasteiger partial charge in [-0.25, -0.2) is 0 Å². The third kappa shape index (κ3) is 5.07. The van der Waals surface area contributed by atoms with Crippen LogP contribution in [0.15, 0.2) is 89.9 Å². The van der Waals surface area contributed by atoms with E-state index in [0.29, 0.717) is 22.2 Å². The molecule has 1 aliphatic rings. The molecule has 1 unspecified atom stereocenters. The van der Waals surface area contributed by atoms with Gasteiger partial charge in [0.1, 0.15) is 5.75 Å². The Morgan fingerprint density at radius 2 is 1.72 bits per heavy atom. The Hall–Kier alpha value is -3.08. The van der Waals surface area contributed by atoms with Gasteiger partial charge in [0.05, 0.1) is 11.1 Å². The molecule has 36 heavy (non-hydrogen) atoms. The maximum absolute atomic E-state index is 12.1. The molecule has 3 aromatic carbocycles. The average molecular weight is 501 g/mol. The number of rotatable bonds is 8. The Bertz CT molecular complexity index is 1350. The number of benzene rings is 3. The van der Waals surface area contributed by atoms with Gasteiger partial charge in [-0.05, 0) is 66.8 Å². The topological polar surface area (TPSA) is 54.1 Å². The second-order valence-corrected chi connectivity index (χ2v) is 10.3. The van der Waals surface area contributed by atoms with Gasteiger partial charge >= 0.3 is 0 Å². The Morgan fingerprint density at radius 3 is 2.42 bits per heavy atom. The zero-order valence-electron chi connectivity index (χ0n) is 20.7. The van der Waals surface area contributed by atoms with E-state index >= 15 is 0 Å². The zero-order valence-corrected chi connectivity index (χ0v) is 21.4. The van der Waals surface area contributed by atoms with Crippen molar-refractivity contribution < 1.29 is 4.74 Å². The molecule has 4 nitrogen and oxygen atoms in total. The summed E-state index contributed by atoms with van der Waals surface area (Å²) in [6, 6.07) is 27.4. The monoisotopic (exact) mass is 500 g/mol. The number of halogens is 1. The molecule has 0 radical (unpaired) electrons. The maximum atomic E-state index is 12.1. The minimum absolute atomic E-state index is 0.0467. The van der Waals surface area contributed by atoms with Gasteiger partial charge in [-0.15, -0.1) is 0 Å². The van der Waals surface area contributed by atoms with E-state index in [1.165, 1.54) is 11.1 Å². The lowest BCUT2D eigenvalue weighted by atomic mass is 9.63. The van der Waals surface area contributed by atoms with Crippen LogP contribution < -0.4 is 15.6 Å². The molecule has 1 aliphatic carbocycles. The molecule has 0 spiro atoms. The summed E-state index contributed by atoms with van der Waals surface area (Å²) in [7, 11) is 0. The number of fused-ring (bicyclic) bond motifs is 1. The van der Waals surface area contributed by atoms with Crippen LogP contribution in [-0.2, 0) is 12.0 Å². The quantitative estimate of drug-likeness (QED) is 0.273. The van der Waals surface area contributed by atoms with Crippen molar-refractivity contribution in [1.82, 2.24) is 10.3 Å². The SMILES string of the molecule is CCC(NCc1ccccc1)C1(c2ccccc2)CCC(Oc2cc3cc[nH]c(=O)c3cc2Cl)CC1. The summed E-state index contributed by atoms with van der Waals surface area (Å²) in [6.07, 6.45) is 6.76. The molecule has 1 aromatic heterocycles. The van der Waals surface area contributed by atoms with Crippen molar-refractivity contribution in [2.45, 2.75) is 63.1 Å². The van der Waals surface area contributed by atoms with Crippen LogP contribution in [0.4, 0.5) is 0 Å². The highest BCUT2D eigenvalue weighted by molar-refractivity contribution is 6.32. The van der Waals surface area contributed by atoms with Crippen molar-refractivity contribution in [3.8, 4) is 5.75 Å². The summed E-state index contributed by atoms with van der Waals surface area (Å²) in [5.41, 5.74) is 2.62. The minimum atomic E-state index is -0.139. The number of hydrogen-bond acceptors (Lipinski definition) is 3. The first kappa shape index (κ1) is 24.6. The van der Waals surface area contributed by atoms with Gasteiger partial charge < -0.3 is 15.0 Å². The molecule has 2 N–H and O–H groups in total. The molecular weight excluding hydrogens is 468 g/mol. The molecule has 0 amide bonds. The van der Waals surface area contributed by atoms with Crippen LogP contribution in [0.3, 0.4) is 0 Å². The van der Waals surface area contributed by atoms with Crippen LogP contribution in [0.1, 0.15) is 50.2 Å². The van der Waals surface area contributed by atoms with Gasteiger partial charge in [-0.2, -0.15) is 0 Å². The van der Waals surface area contributed by atoms with Gasteiger partial charge in [-0.3, -0.25) is 4.79 Å². The summed E-state index contributed by atoms with van der Waals surface area (Å²) in [5, 5.41) is 5.80. The third-order valence-corrected chi connectivity index (χ3v) is 8.06. The lowest BCUT2D eigenvalue weighted by Crippen LogP contribution is -2.51. The third-order valence-electron chi connectivity index (χ3n) is 7.76. The fourth-order valence-electron chi connectivity index (χ4n) is 5.86. The summed E-state index contributed by atoms with van der Waals surface area (Å²) in [4.78, 5) is 14.8. The molecule has 5 heteroatoms. The molecule has 0 saturated heterocycles. The van der Waals surface area contributed by atoms with E-state index in [2.05, 4.69) is 77.9 Å². The van der Waals surface area contributed by atoms with E-state index in [4.69, 9.17) is 16.3 Å². The zero-order chi connectivity index (χ0) is 25.0. The van der Waals surface area contributed by atoms with E-state index in [0.717, 1.165) is 44.0 Å². The van der Waals surface area contributed by atoms with Gasteiger partial charge in [0, 0.05) is 29.6 Å². The molecule has 1 fully saturated rings. The predicted octanol–water partition coefficient (Wildman–Crippen LogP) is 7.01. The summed E-state index contributed by atoms with van der Waals surface area (Å²) >= 11 is 6.53. The molecule has 1 atom stereocenters. The first-order chi connectivity index (χ1) is 17.6. The predicted molar refractivity (Wildman–Crippen MR) is 148 cm³/mol. The van der Waals surface area contributed by atoms with Crippen molar-refractivity contribution in [1.29, 1.82) is 0 Å². The standard InChI is InChI=1S/C31H33ClN2O2/c1-2-29(34-21-22-9-5-3-6-10-22)31(24-11-7-4-8-12-24)16-13-25(14-17-31)36-28-19-23-15-18-33-30(35)26(23)20-27(28)32/h3-12,15,18-20,25,29,34H,2,13-14,16-17,21H2,1H3,(H,33,35). The van der Waals surface area contributed by atoms with Crippen LogP contribution in [0.25, 0.3) is 10.8 Å². The smallest absolute Gasteiger partial charge is 0.255 e. The van der Waals surface area contributed by atoms with Crippen LogP contribution in [0.2, 0.25) is 5.02 Å². The molecule has 186 valence electrons. The van der Waals surface area contributed by atoms with E-state index in [9.17, 15) is 4.79 Å². The van der Waals surface area contributed by atoms with Gasteiger partial charge in [0.2, 0.25) is 0 Å². The normalized spacial score (nSPS) is 20.8. The second-order valence-electron chi connectivity index (χ2n) is 9.84. The van der Waals surface area contributed by atoms with Crippen LogP contribution in [0, 0.1) is 0 Å².